The lowest BCUT2D eigenvalue weighted by Gasteiger charge is -2.11. The van der Waals surface area contributed by atoms with E-state index in [0.29, 0.717) is 6.10 Å². The average molecular weight is 279 g/mol. The Kier molecular flexibility index (Phi) is 6.15. The van der Waals surface area contributed by atoms with Crippen molar-refractivity contribution in [3.8, 4) is 11.5 Å². The molecule has 0 radical (unpaired) electrons. The minimum absolute atomic E-state index is 0.316. The SMILES string of the molecule is CC(C)OCCCNCc1ccc2c(c1)OCCCO2. The number of nitrogens with one attached hydrogen (secondary N) is 1. The summed E-state index contributed by atoms with van der Waals surface area (Å²) in [4.78, 5) is 0. The molecule has 0 aliphatic carbocycles. The minimum atomic E-state index is 0.316. The summed E-state index contributed by atoms with van der Waals surface area (Å²) in [6, 6.07) is 6.16. The van der Waals surface area contributed by atoms with E-state index in [1.165, 1.54) is 5.56 Å². The Balaban J connectivity index is 1.72. The first kappa shape index (κ1) is 15.1. The van der Waals surface area contributed by atoms with Crippen molar-refractivity contribution < 1.29 is 14.2 Å². The van der Waals surface area contributed by atoms with E-state index in [4.69, 9.17) is 14.2 Å². The van der Waals surface area contributed by atoms with Crippen LogP contribution in [0.15, 0.2) is 18.2 Å². The zero-order valence-corrected chi connectivity index (χ0v) is 12.5. The first-order chi connectivity index (χ1) is 9.75. The maximum atomic E-state index is 5.69. The molecule has 20 heavy (non-hydrogen) atoms. The van der Waals surface area contributed by atoms with Crippen molar-refractivity contribution in [1.29, 1.82) is 0 Å². The zero-order chi connectivity index (χ0) is 14.2. The van der Waals surface area contributed by atoms with Crippen molar-refractivity contribution in [2.45, 2.75) is 39.3 Å². The van der Waals surface area contributed by atoms with Gasteiger partial charge in [0.1, 0.15) is 0 Å². The van der Waals surface area contributed by atoms with Crippen molar-refractivity contribution in [2.24, 2.45) is 0 Å². The van der Waals surface area contributed by atoms with Gasteiger partial charge in [-0.2, -0.15) is 0 Å². The van der Waals surface area contributed by atoms with Crippen LogP contribution in [0.3, 0.4) is 0 Å². The summed E-state index contributed by atoms with van der Waals surface area (Å²) in [6.07, 6.45) is 2.29. The molecule has 0 bridgehead atoms. The third-order valence-corrected chi connectivity index (χ3v) is 3.09. The van der Waals surface area contributed by atoms with Crippen LogP contribution in [0.5, 0.6) is 11.5 Å². The largest absolute Gasteiger partial charge is 0.490 e. The molecular formula is C16H25NO3. The predicted molar refractivity (Wildman–Crippen MR) is 79.5 cm³/mol. The molecule has 0 fully saturated rings. The highest BCUT2D eigenvalue weighted by atomic mass is 16.5. The Hall–Kier alpha value is -1.26. The third-order valence-electron chi connectivity index (χ3n) is 3.09. The molecule has 1 N–H and O–H groups in total. The Morgan fingerprint density at radius 3 is 2.80 bits per heavy atom. The highest BCUT2D eigenvalue weighted by Gasteiger charge is 2.10. The summed E-state index contributed by atoms with van der Waals surface area (Å²) in [5.74, 6) is 1.72. The first-order valence-corrected chi connectivity index (χ1v) is 7.46. The Bertz CT molecular complexity index is 407. The summed E-state index contributed by atoms with van der Waals surface area (Å²) in [5, 5.41) is 3.42. The zero-order valence-electron chi connectivity index (χ0n) is 12.5. The molecule has 1 heterocycles. The quantitative estimate of drug-likeness (QED) is 0.779. The van der Waals surface area contributed by atoms with E-state index in [-0.39, 0.29) is 0 Å². The number of rotatable bonds is 7. The second kappa shape index (κ2) is 8.12. The number of hydrogen-bond acceptors (Lipinski definition) is 4. The van der Waals surface area contributed by atoms with Gasteiger partial charge in [-0.15, -0.1) is 0 Å². The molecule has 0 amide bonds. The van der Waals surface area contributed by atoms with Crippen LogP contribution < -0.4 is 14.8 Å². The molecule has 0 atom stereocenters. The predicted octanol–water partition coefficient (Wildman–Crippen LogP) is 2.75. The van der Waals surface area contributed by atoms with Crippen LogP contribution in [0, 0.1) is 0 Å². The van der Waals surface area contributed by atoms with Crippen LogP contribution in [-0.4, -0.2) is 32.5 Å². The summed E-state index contributed by atoms with van der Waals surface area (Å²) < 4.78 is 16.8. The molecule has 112 valence electrons. The lowest BCUT2D eigenvalue weighted by molar-refractivity contribution is 0.0770. The van der Waals surface area contributed by atoms with Crippen LogP contribution in [-0.2, 0) is 11.3 Å². The van der Waals surface area contributed by atoms with Crippen molar-refractivity contribution in [2.75, 3.05) is 26.4 Å². The van der Waals surface area contributed by atoms with E-state index in [1.807, 2.05) is 6.07 Å². The van der Waals surface area contributed by atoms with Crippen molar-refractivity contribution in [1.82, 2.24) is 5.32 Å². The van der Waals surface area contributed by atoms with Crippen LogP contribution in [0.1, 0.15) is 32.3 Å². The maximum absolute atomic E-state index is 5.69. The smallest absolute Gasteiger partial charge is 0.161 e. The number of benzene rings is 1. The third kappa shape index (κ3) is 5.02. The van der Waals surface area contributed by atoms with Crippen LogP contribution in [0.2, 0.25) is 0 Å². The molecule has 1 aromatic carbocycles. The number of fused-ring (bicyclic) bond motifs is 1. The fourth-order valence-corrected chi connectivity index (χ4v) is 2.07. The summed E-state index contributed by atoms with van der Waals surface area (Å²) in [6.45, 7) is 8.21. The second-order valence-corrected chi connectivity index (χ2v) is 5.28. The van der Waals surface area contributed by atoms with Crippen molar-refractivity contribution >= 4 is 0 Å². The van der Waals surface area contributed by atoms with E-state index in [9.17, 15) is 0 Å². The fraction of sp³-hybridized carbons (Fsp3) is 0.625. The van der Waals surface area contributed by atoms with Crippen LogP contribution >= 0.6 is 0 Å². The van der Waals surface area contributed by atoms with Crippen LogP contribution in [0.4, 0.5) is 0 Å². The summed E-state index contributed by atoms with van der Waals surface area (Å²) in [5.41, 5.74) is 1.22. The van der Waals surface area contributed by atoms with Gasteiger partial charge in [0.25, 0.3) is 0 Å². The van der Waals surface area contributed by atoms with Gasteiger partial charge in [-0.05, 0) is 44.5 Å². The molecule has 0 saturated carbocycles. The molecule has 4 nitrogen and oxygen atoms in total. The van der Waals surface area contributed by atoms with E-state index < -0.39 is 0 Å². The first-order valence-electron chi connectivity index (χ1n) is 7.46. The standard InChI is InChI=1S/C16H25NO3/c1-13(2)18-8-3-7-17-12-14-5-6-15-16(11-14)20-10-4-9-19-15/h5-6,11,13,17H,3-4,7-10,12H2,1-2H3. The van der Waals surface area contributed by atoms with Gasteiger partial charge >= 0.3 is 0 Å². The normalized spacial score (nSPS) is 14.3. The van der Waals surface area contributed by atoms with E-state index in [0.717, 1.165) is 57.3 Å². The van der Waals surface area contributed by atoms with Gasteiger partial charge in [-0.25, -0.2) is 0 Å². The topological polar surface area (TPSA) is 39.7 Å². The maximum Gasteiger partial charge on any atom is 0.161 e. The Morgan fingerprint density at radius 2 is 2.00 bits per heavy atom. The van der Waals surface area contributed by atoms with Gasteiger partial charge in [-0.3, -0.25) is 0 Å². The number of hydrogen-bond donors (Lipinski definition) is 1. The second-order valence-electron chi connectivity index (χ2n) is 5.28. The van der Waals surface area contributed by atoms with Gasteiger partial charge in [0.15, 0.2) is 11.5 Å². The van der Waals surface area contributed by atoms with Gasteiger partial charge in [0.05, 0.1) is 19.3 Å². The average Bonchev–Trinajstić information content (AvgIpc) is 2.67. The highest BCUT2D eigenvalue weighted by molar-refractivity contribution is 5.43. The lowest BCUT2D eigenvalue weighted by Crippen LogP contribution is -2.17. The van der Waals surface area contributed by atoms with Gasteiger partial charge < -0.3 is 19.5 Å². The van der Waals surface area contributed by atoms with Gasteiger partial charge in [0.2, 0.25) is 0 Å². The Morgan fingerprint density at radius 1 is 1.20 bits per heavy atom. The summed E-state index contributed by atoms with van der Waals surface area (Å²) in [7, 11) is 0. The van der Waals surface area contributed by atoms with E-state index in [1.54, 1.807) is 0 Å². The molecule has 0 saturated heterocycles. The fourth-order valence-electron chi connectivity index (χ4n) is 2.07. The molecule has 1 aliphatic heterocycles. The Labute approximate surface area is 121 Å². The molecule has 0 unspecified atom stereocenters. The molecule has 1 aromatic rings. The molecular weight excluding hydrogens is 254 g/mol. The highest BCUT2D eigenvalue weighted by Crippen LogP contribution is 2.30. The van der Waals surface area contributed by atoms with Crippen LogP contribution in [0.25, 0.3) is 0 Å². The molecule has 0 spiro atoms. The monoisotopic (exact) mass is 279 g/mol. The van der Waals surface area contributed by atoms with E-state index in [2.05, 4.69) is 31.3 Å². The molecule has 0 aromatic heterocycles. The van der Waals surface area contributed by atoms with Crippen molar-refractivity contribution in [3.05, 3.63) is 23.8 Å². The van der Waals surface area contributed by atoms with E-state index >= 15 is 0 Å². The molecule has 1 aliphatic rings. The number of ether oxygens (including phenoxy) is 3. The summed E-state index contributed by atoms with van der Waals surface area (Å²) >= 11 is 0. The van der Waals surface area contributed by atoms with Gasteiger partial charge in [0, 0.05) is 19.6 Å². The molecule has 2 rings (SSSR count). The van der Waals surface area contributed by atoms with Gasteiger partial charge in [-0.1, -0.05) is 6.07 Å². The van der Waals surface area contributed by atoms with Crippen molar-refractivity contribution in [3.63, 3.8) is 0 Å². The minimum Gasteiger partial charge on any atom is -0.490 e. The lowest BCUT2D eigenvalue weighted by atomic mass is 10.2. The molecule has 4 heteroatoms.